The predicted molar refractivity (Wildman–Crippen MR) is 95.3 cm³/mol. The third kappa shape index (κ3) is 7.38. The third-order valence-corrected chi connectivity index (χ3v) is 3.33. The summed E-state index contributed by atoms with van der Waals surface area (Å²) in [5, 5.41) is 5.82. The highest BCUT2D eigenvalue weighted by atomic mass is 19.1. The van der Waals surface area contributed by atoms with Gasteiger partial charge in [0.15, 0.2) is 17.5 Å². The molecule has 0 fully saturated rings. The lowest BCUT2D eigenvalue weighted by Crippen LogP contribution is -2.39. The average molecular weight is 354 g/mol. The summed E-state index contributed by atoms with van der Waals surface area (Å²) in [5.41, 5.74) is 0.774. The van der Waals surface area contributed by atoms with Crippen LogP contribution >= 0.6 is 0 Å². The Hall–Kier alpha value is -2.35. The van der Waals surface area contributed by atoms with E-state index in [4.69, 9.17) is 9.47 Å². The van der Waals surface area contributed by atoms with Crippen LogP contribution in [0.2, 0.25) is 0 Å². The van der Waals surface area contributed by atoms with E-state index >= 15 is 0 Å². The third-order valence-electron chi connectivity index (χ3n) is 3.33. The smallest absolute Gasteiger partial charge is 0.241 e. The molecule has 0 aromatic heterocycles. The average Bonchev–Trinajstić information content (AvgIpc) is 2.59. The van der Waals surface area contributed by atoms with E-state index in [9.17, 15) is 9.18 Å². The van der Waals surface area contributed by atoms with Crippen molar-refractivity contribution < 1.29 is 18.7 Å². The van der Waals surface area contributed by atoms with Crippen LogP contribution in [0.4, 0.5) is 4.39 Å². The van der Waals surface area contributed by atoms with Gasteiger partial charge in [0.25, 0.3) is 0 Å². The minimum Gasteiger partial charge on any atom is -0.494 e. The number of methoxy groups -OCH3 is 2. The quantitative estimate of drug-likeness (QED) is 0.393. The second-order valence-corrected chi connectivity index (χ2v) is 5.34. The lowest BCUT2D eigenvalue weighted by molar-refractivity contribution is -0.119. The molecule has 0 saturated heterocycles. The Labute approximate surface area is 148 Å². The molecule has 0 heterocycles. The normalized spacial score (nSPS) is 11.2. The molecular weight excluding hydrogens is 327 g/mol. The van der Waals surface area contributed by atoms with Crippen molar-refractivity contribution in [3.8, 4) is 5.75 Å². The van der Waals surface area contributed by atoms with E-state index in [1.54, 1.807) is 19.2 Å². The van der Waals surface area contributed by atoms with Gasteiger partial charge in [-0.05, 0) is 24.6 Å². The molecule has 0 spiro atoms. The number of nitrogens with zero attached hydrogens (tertiary/aromatic N) is 2. The number of guanidine groups is 1. The van der Waals surface area contributed by atoms with E-state index < -0.39 is 5.82 Å². The molecule has 0 aliphatic carbocycles. The first-order valence-electron chi connectivity index (χ1n) is 8.09. The summed E-state index contributed by atoms with van der Waals surface area (Å²) in [6.45, 7) is 3.95. The van der Waals surface area contributed by atoms with E-state index in [0.29, 0.717) is 32.2 Å². The van der Waals surface area contributed by atoms with Crippen molar-refractivity contribution in [3.05, 3.63) is 29.6 Å². The Morgan fingerprint density at radius 2 is 2.08 bits per heavy atom. The van der Waals surface area contributed by atoms with Crippen molar-refractivity contribution in [3.63, 3.8) is 0 Å². The maximum atomic E-state index is 13.8. The van der Waals surface area contributed by atoms with Gasteiger partial charge in [0.05, 0.1) is 13.7 Å². The van der Waals surface area contributed by atoms with Gasteiger partial charge >= 0.3 is 0 Å². The van der Waals surface area contributed by atoms with Crippen LogP contribution in [-0.2, 0) is 16.1 Å². The molecule has 2 N–H and O–H groups in total. The minimum atomic E-state index is -0.409. The number of ether oxygens (including phenoxy) is 2. The molecule has 0 aliphatic rings. The van der Waals surface area contributed by atoms with Crippen molar-refractivity contribution in [1.29, 1.82) is 0 Å². The van der Waals surface area contributed by atoms with Crippen LogP contribution in [0.1, 0.15) is 12.5 Å². The highest BCUT2D eigenvalue weighted by molar-refractivity contribution is 5.84. The zero-order valence-corrected chi connectivity index (χ0v) is 15.3. The molecule has 0 radical (unpaired) electrons. The number of halogens is 1. The first-order chi connectivity index (χ1) is 12.0. The van der Waals surface area contributed by atoms with Crippen LogP contribution in [0.5, 0.6) is 5.75 Å². The minimum absolute atomic E-state index is 0.00730. The Bertz CT molecular complexity index is 581. The van der Waals surface area contributed by atoms with E-state index in [1.807, 2.05) is 18.9 Å². The summed E-state index contributed by atoms with van der Waals surface area (Å²) in [7, 11) is 4.83. The van der Waals surface area contributed by atoms with E-state index in [2.05, 4.69) is 15.6 Å². The number of amides is 1. The van der Waals surface area contributed by atoms with Gasteiger partial charge < -0.3 is 25.0 Å². The number of benzene rings is 1. The van der Waals surface area contributed by atoms with Crippen LogP contribution in [0.25, 0.3) is 0 Å². The van der Waals surface area contributed by atoms with Gasteiger partial charge in [-0.25, -0.2) is 9.38 Å². The van der Waals surface area contributed by atoms with Crippen LogP contribution in [0.15, 0.2) is 23.2 Å². The predicted octanol–water partition coefficient (Wildman–Crippen LogP) is 0.994. The largest absolute Gasteiger partial charge is 0.494 e. The number of carbonyl (C=O) groups is 1. The molecule has 8 heteroatoms. The van der Waals surface area contributed by atoms with Gasteiger partial charge in [-0.15, -0.1) is 0 Å². The molecule has 0 unspecified atom stereocenters. The number of aliphatic imine (C=N–C) groups is 1. The number of nitrogens with one attached hydrogen (secondary N) is 2. The Morgan fingerprint density at radius 1 is 1.32 bits per heavy atom. The molecule has 7 nitrogen and oxygen atoms in total. The summed E-state index contributed by atoms with van der Waals surface area (Å²) < 4.78 is 23.6. The summed E-state index contributed by atoms with van der Waals surface area (Å²) in [6.07, 6.45) is 0. The van der Waals surface area contributed by atoms with Crippen LogP contribution in [0, 0.1) is 5.82 Å². The molecular formula is C17H27FN4O3. The lowest BCUT2D eigenvalue weighted by atomic mass is 10.2. The first kappa shape index (κ1) is 20.7. The second kappa shape index (κ2) is 11.2. The Morgan fingerprint density at radius 3 is 2.68 bits per heavy atom. The first-order valence-corrected chi connectivity index (χ1v) is 8.09. The van der Waals surface area contributed by atoms with Crippen LogP contribution in [0.3, 0.4) is 0 Å². The molecule has 0 saturated carbocycles. The Kier molecular flexibility index (Phi) is 9.31. The fraction of sp³-hybridized carbons (Fsp3) is 0.529. The summed E-state index contributed by atoms with van der Waals surface area (Å²) in [6, 6.07) is 4.81. The van der Waals surface area contributed by atoms with Gasteiger partial charge in [-0.1, -0.05) is 6.07 Å². The monoisotopic (exact) mass is 354 g/mol. The number of hydrogen-bond acceptors (Lipinski definition) is 4. The molecule has 1 aromatic carbocycles. The van der Waals surface area contributed by atoms with E-state index in [0.717, 1.165) is 5.56 Å². The molecule has 1 amide bonds. The highest BCUT2D eigenvalue weighted by Crippen LogP contribution is 2.18. The highest BCUT2D eigenvalue weighted by Gasteiger charge is 2.10. The molecule has 0 atom stereocenters. The second-order valence-electron chi connectivity index (χ2n) is 5.34. The van der Waals surface area contributed by atoms with Gasteiger partial charge in [-0.2, -0.15) is 0 Å². The standard InChI is InChI=1S/C17H27FN4O3/c1-5-19-17(21-11-16(23)20-8-9-24-3)22(2)12-13-6-7-15(25-4)14(18)10-13/h6-7,10H,5,8-9,11-12H2,1-4H3,(H,19,21)(H,20,23). The lowest BCUT2D eigenvalue weighted by Gasteiger charge is -2.22. The molecule has 25 heavy (non-hydrogen) atoms. The Balaban J connectivity index is 2.68. The van der Waals surface area contributed by atoms with Crippen molar-refractivity contribution in [2.24, 2.45) is 4.99 Å². The van der Waals surface area contributed by atoms with Crippen LogP contribution < -0.4 is 15.4 Å². The van der Waals surface area contributed by atoms with Crippen molar-refractivity contribution in [2.75, 3.05) is 47.5 Å². The van der Waals surface area contributed by atoms with Crippen molar-refractivity contribution in [1.82, 2.24) is 15.5 Å². The number of hydrogen-bond donors (Lipinski definition) is 2. The maximum absolute atomic E-state index is 13.8. The maximum Gasteiger partial charge on any atom is 0.241 e. The zero-order valence-electron chi connectivity index (χ0n) is 15.3. The van der Waals surface area contributed by atoms with Gasteiger partial charge in [-0.3, -0.25) is 4.79 Å². The molecule has 0 aliphatic heterocycles. The number of rotatable bonds is 9. The van der Waals surface area contributed by atoms with Crippen LogP contribution in [-0.4, -0.2) is 64.3 Å². The van der Waals surface area contributed by atoms with E-state index in [1.165, 1.54) is 13.2 Å². The van der Waals surface area contributed by atoms with Gasteiger partial charge in [0, 0.05) is 33.8 Å². The SMILES string of the molecule is CCNC(=NCC(=O)NCCOC)N(C)Cc1ccc(OC)c(F)c1. The molecule has 140 valence electrons. The topological polar surface area (TPSA) is 75.2 Å². The van der Waals surface area contributed by atoms with Gasteiger partial charge in [0.1, 0.15) is 6.54 Å². The fourth-order valence-corrected chi connectivity index (χ4v) is 2.12. The summed E-state index contributed by atoms with van der Waals surface area (Å²) in [5.74, 6) is 0.185. The molecule has 0 bridgehead atoms. The van der Waals surface area contributed by atoms with Crippen molar-refractivity contribution in [2.45, 2.75) is 13.5 Å². The summed E-state index contributed by atoms with van der Waals surface area (Å²) in [4.78, 5) is 17.9. The number of carbonyl (C=O) groups excluding carboxylic acids is 1. The van der Waals surface area contributed by atoms with E-state index in [-0.39, 0.29) is 18.2 Å². The fourth-order valence-electron chi connectivity index (χ4n) is 2.12. The summed E-state index contributed by atoms with van der Waals surface area (Å²) >= 11 is 0. The molecule has 1 rings (SSSR count). The van der Waals surface area contributed by atoms with Gasteiger partial charge in [0.2, 0.25) is 5.91 Å². The van der Waals surface area contributed by atoms with Crippen molar-refractivity contribution >= 4 is 11.9 Å². The molecule has 1 aromatic rings. The zero-order chi connectivity index (χ0) is 18.7.